The first-order valence-electron chi connectivity index (χ1n) is 29.7. The molecule has 0 spiro atoms. The van der Waals surface area contributed by atoms with Crippen LogP contribution >= 0.6 is 0 Å². The van der Waals surface area contributed by atoms with Crippen molar-refractivity contribution in [2.75, 3.05) is 55.7 Å². The summed E-state index contributed by atoms with van der Waals surface area (Å²) >= 11 is 0. The summed E-state index contributed by atoms with van der Waals surface area (Å²) in [6, 6.07) is 33.4. The maximum atomic E-state index is 13.0. The first-order valence-corrected chi connectivity index (χ1v) is 29.7. The lowest BCUT2D eigenvalue weighted by atomic mass is 10.1. The van der Waals surface area contributed by atoms with Crippen LogP contribution in [-0.4, -0.2) is 153 Å². The van der Waals surface area contributed by atoms with E-state index in [4.69, 9.17) is 29.8 Å². The number of likely N-dealkylation sites (N-methyl/N-ethyl adjacent to an activating group) is 3. The van der Waals surface area contributed by atoms with E-state index in [9.17, 15) is 43.2 Å². The highest BCUT2D eigenvalue weighted by molar-refractivity contribution is 6.03. The number of hydrogen-bond donors (Lipinski definition) is 5. The van der Waals surface area contributed by atoms with Crippen molar-refractivity contribution in [3.8, 4) is 17.2 Å². The van der Waals surface area contributed by atoms with Gasteiger partial charge in [0.25, 0.3) is 23.5 Å². The molecule has 0 saturated heterocycles. The lowest BCUT2D eigenvalue weighted by Gasteiger charge is -2.23. The predicted octanol–water partition coefficient (Wildman–Crippen LogP) is 3.53. The van der Waals surface area contributed by atoms with Crippen LogP contribution < -0.4 is 69.3 Å². The molecule has 26 nitrogen and oxygen atoms in total. The van der Waals surface area contributed by atoms with E-state index in [2.05, 4.69) is 35.9 Å². The number of aromatic nitrogens is 6. The van der Waals surface area contributed by atoms with Gasteiger partial charge < -0.3 is 88.7 Å². The lowest BCUT2D eigenvalue weighted by molar-refractivity contribution is -0.121. The summed E-state index contributed by atoms with van der Waals surface area (Å²) in [5, 5.41) is 24.4. The summed E-state index contributed by atoms with van der Waals surface area (Å²) in [7, 11) is 4.93. The summed E-state index contributed by atoms with van der Waals surface area (Å²) in [6.07, 6.45) is 6.54. The Morgan fingerprint density at radius 2 is 1.16 bits per heavy atom. The van der Waals surface area contributed by atoms with Crippen molar-refractivity contribution < 1.29 is 91.2 Å². The number of Topliss-reactive ketones (excluding diaryl/α,β-unsaturated/α-hetero) is 2. The number of carboxylic acid groups (broad SMARTS) is 1. The van der Waals surface area contributed by atoms with E-state index in [1.165, 1.54) is 38.7 Å². The number of nitrogens with one attached hydrogen (secondary N) is 3. The number of halogens is 1. The molecule has 27 heteroatoms. The highest BCUT2D eigenvalue weighted by Crippen LogP contribution is 2.35. The fourth-order valence-corrected chi connectivity index (χ4v) is 9.28. The number of ether oxygens (including phenoxy) is 4. The van der Waals surface area contributed by atoms with Gasteiger partial charge in [0.2, 0.25) is 11.7 Å². The highest BCUT2D eigenvalue weighted by atomic mass is 127. The Hall–Kier alpha value is -10.2. The second kappa shape index (κ2) is 33.9. The number of ketones is 3. The third-order valence-corrected chi connectivity index (χ3v) is 14.2. The minimum Gasteiger partial charge on any atom is -1.00 e. The lowest BCUT2D eigenvalue weighted by Crippen LogP contribution is -3.00. The number of aromatic amines is 1. The van der Waals surface area contributed by atoms with E-state index < -0.39 is 41.7 Å². The largest absolute Gasteiger partial charge is 1.00 e. The van der Waals surface area contributed by atoms with Gasteiger partial charge in [-0.1, -0.05) is 84.9 Å². The van der Waals surface area contributed by atoms with Crippen LogP contribution in [0.1, 0.15) is 109 Å². The van der Waals surface area contributed by atoms with Crippen molar-refractivity contribution in [3.05, 3.63) is 173 Å². The Balaban J connectivity index is 0.000000206. The van der Waals surface area contributed by atoms with Gasteiger partial charge in [0.05, 0.1) is 23.6 Å². The van der Waals surface area contributed by atoms with E-state index >= 15 is 0 Å². The molecule has 5 amide bonds. The Bertz CT molecular complexity index is 3870. The quantitative estimate of drug-likeness (QED) is 0.0682. The van der Waals surface area contributed by atoms with Crippen LogP contribution in [0.3, 0.4) is 0 Å². The first-order chi connectivity index (χ1) is 44.2. The number of carboxylic acids is 1. The van der Waals surface area contributed by atoms with E-state index in [1.54, 1.807) is 86.1 Å². The molecule has 496 valence electrons. The van der Waals surface area contributed by atoms with E-state index in [-0.39, 0.29) is 90.5 Å². The summed E-state index contributed by atoms with van der Waals surface area (Å²) in [4.78, 5) is 119. The Morgan fingerprint density at radius 1 is 0.660 bits per heavy atom. The number of hydrogen-bond acceptors (Lipinski definition) is 18. The van der Waals surface area contributed by atoms with Crippen molar-refractivity contribution in [1.29, 1.82) is 0 Å². The zero-order valence-electron chi connectivity index (χ0n) is 53.6. The van der Waals surface area contributed by atoms with Crippen molar-refractivity contribution in [2.24, 2.45) is 5.73 Å². The molecule has 0 aliphatic carbocycles. The second-order valence-electron chi connectivity index (χ2n) is 23.0. The highest BCUT2D eigenvalue weighted by Gasteiger charge is 2.34. The molecule has 3 aliphatic rings. The number of anilines is 3. The van der Waals surface area contributed by atoms with Crippen molar-refractivity contribution in [1.82, 2.24) is 40.6 Å². The number of amides is 5. The number of nitrogens with zero attached hydrogens (tertiary/aromatic N) is 8. The molecule has 0 bridgehead atoms. The van der Waals surface area contributed by atoms with Crippen molar-refractivity contribution in [3.63, 3.8) is 0 Å². The first kappa shape index (κ1) is 72.9. The smallest absolute Gasteiger partial charge is 0.408 e. The normalized spacial score (nSPS) is 15.6. The molecule has 0 fully saturated rings. The van der Waals surface area contributed by atoms with Crippen LogP contribution in [0.4, 0.5) is 21.9 Å². The number of benzene rings is 5. The maximum absolute atomic E-state index is 13.0. The average Bonchev–Trinajstić information content (AvgIpc) is 1.61. The summed E-state index contributed by atoms with van der Waals surface area (Å²) in [5.74, 6) is -0.228. The molecule has 0 unspecified atom stereocenters. The van der Waals surface area contributed by atoms with Gasteiger partial charge in [0, 0.05) is 40.4 Å². The minimum absolute atomic E-state index is 0. The number of H-pyrrole nitrogens is 1. The summed E-state index contributed by atoms with van der Waals surface area (Å²) in [5.41, 5.74) is 11.7. The molecule has 7 aromatic rings. The second-order valence-corrected chi connectivity index (χ2v) is 23.0. The number of allylic oxidation sites excluding steroid dienone is 1. The van der Waals surface area contributed by atoms with Gasteiger partial charge in [-0.25, -0.2) is 24.2 Å². The predicted molar refractivity (Wildman–Crippen MR) is 344 cm³/mol. The number of rotatable bonds is 16. The Morgan fingerprint density at radius 3 is 1.67 bits per heavy atom. The molecule has 5 heterocycles. The van der Waals surface area contributed by atoms with Gasteiger partial charge >= 0.3 is 12.1 Å². The van der Waals surface area contributed by atoms with Crippen LogP contribution in [-0.2, 0) is 59.3 Å². The van der Waals surface area contributed by atoms with E-state index in [0.29, 0.717) is 78.8 Å². The van der Waals surface area contributed by atoms with Gasteiger partial charge in [-0.3, -0.25) is 29.1 Å². The van der Waals surface area contributed by atoms with Crippen LogP contribution in [0.25, 0.3) is 6.08 Å². The molecule has 0 saturated carbocycles. The standard InChI is InChI=1S/C24H25N5O4.C19H24N2O5.C14H18N2O3.C10H9N3O2.HI/c1-15(30)8-9-17-10-11-20-19(12-17)29(2)24(32)18(14-33-20)25-23(31)22-26-21(27-28-22)13-16-6-4-3-5-7-16;1-12(22)6-7-13-8-9-16-15(10-13)21(5)17(23)14(11-25-16)20-18(24)26-19(2,3)4;1-9(17)3-4-10-5-6-13-12(7-10)16(2)14(18)11(15)8-19-13;14-10(15)9-11-7-13(12-9)6-8-4-2-1-3-5-8;/h3-7,10-12,18H,8-9,13-14H2,1-2H3,(H,25,31)(H,26,27,28);6-10,14H,11H2,1-5H3,(H,20,24);5-7,11H,3-4,8,15H2,1-2H3;1-5,7H,6H2,(H,14,15);1H/p-1/b;7-6+;;;/t18-;14-;11-;;/m000../s1. The van der Waals surface area contributed by atoms with Gasteiger partial charge in [-0.2, -0.15) is 0 Å². The number of aryl methyl sites for hydroxylation is 2. The van der Waals surface area contributed by atoms with Crippen LogP contribution in [0.5, 0.6) is 17.2 Å². The number of carbonyl (C=O) groups excluding carboxylic acids is 8. The van der Waals surface area contributed by atoms with Crippen molar-refractivity contribution >= 4 is 76.2 Å². The fraction of sp³-hybridized carbons (Fsp3) is 0.328. The number of carbonyl (C=O) groups is 9. The third kappa shape index (κ3) is 21.5. The fourth-order valence-electron chi connectivity index (χ4n) is 9.28. The van der Waals surface area contributed by atoms with Crippen molar-refractivity contribution in [2.45, 2.75) is 104 Å². The molecule has 2 aromatic heterocycles. The third-order valence-electron chi connectivity index (χ3n) is 14.2. The molecule has 94 heavy (non-hydrogen) atoms. The zero-order valence-corrected chi connectivity index (χ0v) is 55.7. The van der Waals surface area contributed by atoms with Crippen LogP contribution in [0.15, 0.2) is 128 Å². The van der Waals surface area contributed by atoms with Crippen LogP contribution in [0, 0.1) is 0 Å². The molecular formula is C67H76IN12O14-. The molecule has 3 aliphatic heterocycles. The number of nitrogens with two attached hydrogens (primary N) is 1. The molecule has 3 atom stereocenters. The molecule has 10 rings (SSSR count). The van der Waals surface area contributed by atoms with E-state index in [1.807, 2.05) is 91.0 Å². The Kier molecular flexibility index (Phi) is 26.3. The number of aromatic carboxylic acids is 1. The van der Waals surface area contributed by atoms with Crippen LogP contribution in [0.2, 0.25) is 0 Å². The Labute approximate surface area is 560 Å². The zero-order chi connectivity index (χ0) is 67.5. The number of alkyl carbamates (subject to hydrolysis) is 1. The summed E-state index contributed by atoms with van der Waals surface area (Å²) in [6.45, 7) is 10.5. The molecule has 6 N–H and O–H groups in total. The molecule has 0 radical (unpaired) electrons. The molecular weight excluding hydrogens is 1320 g/mol. The monoisotopic (exact) mass is 1400 g/mol. The number of fused-ring (bicyclic) bond motifs is 3. The van der Waals surface area contributed by atoms with Gasteiger partial charge in [0.15, 0.2) is 5.78 Å². The van der Waals surface area contributed by atoms with E-state index in [0.717, 1.165) is 27.8 Å². The van der Waals surface area contributed by atoms with Gasteiger partial charge in [-0.15, -0.1) is 10.2 Å². The summed E-state index contributed by atoms with van der Waals surface area (Å²) < 4.78 is 23.7. The SMILES string of the molecule is CC(=O)/C=C/c1ccc2c(c1)N(C)C(=O)[C@@H](NC(=O)OC(C)(C)C)CO2.CC(=O)CCc1ccc2c(c1)N(C)C(=O)[C@@H](N)CO2.CC(=O)CCc1ccc2c(c1)N(C)C(=O)[C@@H](NC(=O)c1n[nH]c(Cc3ccccc3)n1)CO2.O=C(O)c1ncn(Cc2ccccc2)n1.[I-]. The topological polar surface area (TPSA) is 343 Å². The average molecular weight is 1400 g/mol. The van der Waals surface area contributed by atoms with Gasteiger partial charge in [0.1, 0.15) is 84.5 Å². The molecule has 5 aromatic carbocycles. The maximum Gasteiger partial charge on any atom is 0.408 e. The van der Waals surface area contributed by atoms with Gasteiger partial charge in [-0.05, 0) is 125 Å². The minimum atomic E-state index is -1.11.